The van der Waals surface area contributed by atoms with E-state index in [-0.39, 0.29) is 11.8 Å². The number of unbranched alkanes of at least 4 members (excludes halogenated alkanes) is 1. The number of carbonyl (C=O) groups is 2. The molecule has 2 rings (SSSR count). The number of nitrogens with one attached hydrogen (secondary N) is 1. The molecule has 0 unspecified atom stereocenters. The lowest BCUT2D eigenvalue weighted by Crippen LogP contribution is -2.48. The van der Waals surface area contributed by atoms with Gasteiger partial charge in [0.2, 0.25) is 11.8 Å². The van der Waals surface area contributed by atoms with Crippen molar-refractivity contribution >= 4 is 35.2 Å². The van der Waals surface area contributed by atoms with Crippen molar-refractivity contribution < 1.29 is 9.59 Å². The van der Waals surface area contributed by atoms with E-state index in [1.54, 1.807) is 35.7 Å². The number of amides is 2. The normalized spacial score (nSPS) is 11.7. The molecule has 2 aromatic rings. The third kappa shape index (κ3) is 8.04. The van der Waals surface area contributed by atoms with E-state index in [0.717, 1.165) is 24.2 Å². The molecule has 162 valence electrons. The van der Waals surface area contributed by atoms with Gasteiger partial charge in [0.25, 0.3) is 0 Å². The summed E-state index contributed by atoms with van der Waals surface area (Å²) in [6, 6.07) is 15.2. The second-order valence-electron chi connectivity index (χ2n) is 7.45. The van der Waals surface area contributed by atoms with Gasteiger partial charge in [0.1, 0.15) is 6.04 Å². The van der Waals surface area contributed by atoms with E-state index in [4.69, 9.17) is 11.6 Å². The molecule has 0 spiro atoms. The van der Waals surface area contributed by atoms with Crippen molar-refractivity contribution in [2.75, 3.05) is 12.3 Å². The van der Waals surface area contributed by atoms with Gasteiger partial charge in [0, 0.05) is 23.9 Å². The van der Waals surface area contributed by atoms with E-state index in [2.05, 4.69) is 43.4 Å². The maximum Gasteiger partial charge on any atom is 0.242 e. The molecular formula is C24H31ClN2O2S. The van der Waals surface area contributed by atoms with Gasteiger partial charge < -0.3 is 10.2 Å². The number of aryl methyl sites for hydroxylation is 1. The van der Waals surface area contributed by atoms with E-state index >= 15 is 0 Å². The van der Waals surface area contributed by atoms with Crippen molar-refractivity contribution in [3.05, 3.63) is 70.2 Å². The molecule has 2 aromatic carbocycles. The second-order valence-corrected chi connectivity index (χ2v) is 8.87. The standard InChI is InChI=1S/C24H31ClN2O2S/c1-4-5-14-26-24(29)19(3)27(15-20-10-12-22(25)13-11-20)23(28)17-30-16-21-8-6-18(2)7-9-21/h6-13,19H,4-5,14-17H2,1-3H3,(H,26,29)/t19-/m1/s1. The molecule has 0 heterocycles. The number of hydrogen-bond donors (Lipinski definition) is 1. The van der Waals surface area contributed by atoms with Crippen LogP contribution in [0.1, 0.15) is 43.4 Å². The molecule has 1 atom stereocenters. The first-order chi connectivity index (χ1) is 14.4. The zero-order valence-electron chi connectivity index (χ0n) is 18.0. The zero-order chi connectivity index (χ0) is 21.9. The predicted molar refractivity (Wildman–Crippen MR) is 127 cm³/mol. The van der Waals surface area contributed by atoms with Crippen molar-refractivity contribution in [1.29, 1.82) is 0 Å². The highest BCUT2D eigenvalue weighted by molar-refractivity contribution is 7.99. The van der Waals surface area contributed by atoms with Gasteiger partial charge in [-0.3, -0.25) is 9.59 Å². The SMILES string of the molecule is CCCCNC(=O)[C@@H](C)N(Cc1ccc(Cl)cc1)C(=O)CSCc1ccc(C)cc1. The van der Waals surface area contributed by atoms with Gasteiger partial charge in [-0.1, -0.05) is 66.9 Å². The zero-order valence-corrected chi connectivity index (χ0v) is 19.6. The number of halogens is 1. The van der Waals surface area contributed by atoms with E-state index in [1.165, 1.54) is 11.1 Å². The molecule has 1 N–H and O–H groups in total. The molecule has 0 fully saturated rings. The van der Waals surface area contributed by atoms with E-state index in [9.17, 15) is 9.59 Å². The molecular weight excluding hydrogens is 416 g/mol. The van der Waals surface area contributed by atoms with Gasteiger partial charge in [-0.2, -0.15) is 0 Å². The molecule has 4 nitrogen and oxygen atoms in total. The highest BCUT2D eigenvalue weighted by atomic mass is 35.5. The Balaban J connectivity index is 2.02. The summed E-state index contributed by atoms with van der Waals surface area (Å²) in [5.74, 6) is 0.931. The largest absolute Gasteiger partial charge is 0.354 e. The van der Waals surface area contributed by atoms with Gasteiger partial charge in [0.15, 0.2) is 0 Å². The number of benzene rings is 2. The molecule has 0 saturated heterocycles. The monoisotopic (exact) mass is 446 g/mol. The summed E-state index contributed by atoms with van der Waals surface area (Å²) in [5.41, 5.74) is 3.36. The highest BCUT2D eigenvalue weighted by Crippen LogP contribution is 2.17. The molecule has 0 aliphatic rings. The van der Waals surface area contributed by atoms with Gasteiger partial charge in [-0.15, -0.1) is 11.8 Å². The molecule has 0 aliphatic carbocycles. The third-order valence-corrected chi connectivity index (χ3v) is 6.12. The van der Waals surface area contributed by atoms with Crippen LogP contribution in [0.25, 0.3) is 0 Å². The van der Waals surface area contributed by atoms with E-state index in [0.29, 0.717) is 23.9 Å². The van der Waals surface area contributed by atoms with Gasteiger partial charge >= 0.3 is 0 Å². The van der Waals surface area contributed by atoms with Crippen LogP contribution >= 0.6 is 23.4 Å². The maximum absolute atomic E-state index is 13.0. The number of carbonyl (C=O) groups excluding carboxylic acids is 2. The van der Waals surface area contributed by atoms with Crippen molar-refractivity contribution in [2.45, 2.75) is 52.0 Å². The average molecular weight is 447 g/mol. The third-order valence-electron chi connectivity index (χ3n) is 4.88. The summed E-state index contributed by atoms with van der Waals surface area (Å²) in [4.78, 5) is 27.3. The lowest BCUT2D eigenvalue weighted by molar-refractivity contribution is -0.138. The number of thioether (sulfide) groups is 1. The number of nitrogens with zero attached hydrogens (tertiary/aromatic N) is 1. The van der Waals surface area contributed by atoms with Crippen LogP contribution in [0, 0.1) is 6.92 Å². The van der Waals surface area contributed by atoms with Crippen LogP contribution in [0.5, 0.6) is 0 Å². The maximum atomic E-state index is 13.0. The van der Waals surface area contributed by atoms with Crippen molar-refractivity contribution in [2.24, 2.45) is 0 Å². The molecule has 0 saturated carbocycles. The summed E-state index contributed by atoms with van der Waals surface area (Å²) in [5, 5.41) is 3.59. The molecule has 30 heavy (non-hydrogen) atoms. The first-order valence-corrected chi connectivity index (χ1v) is 11.9. The number of hydrogen-bond acceptors (Lipinski definition) is 3. The summed E-state index contributed by atoms with van der Waals surface area (Å²) in [7, 11) is 0. The summed E-state index contributed by atoms with van der Waals surface area (Å²) >= 11 is 7.55. The second kappa shape index (κ2) is 12.7. The Hall–Kier alpha value is -1.98. The summed E-state index contributed by atoms with van der Waals surface area (Å²) < 4.78 is 0. The Morgan fingerprint density at radius 2 is 1.70 bits per heavy atom. The van der Waals surface area contributed by atoms with Gasteiger partial charge in [-0.25, -0.2) is 0 Å². The van der Waals surface area contributed by atoms with Crippen LogP contribution in [0.15, 0.2) is 48.5 Å². The number of rotatable bonds is 11. The van der Waals surface area contributed by atoms with Crippen LogP contribution in [-0.4, -0.2) is 35.1 Å². The van der Waals surface area contributed by atoms with E-state index < -0.39 is 6.04 Å². The summed E-state index contributed by atoms with van der Waals surface area (Å²) in [6.07, 6.45) is 1.94. The fourth-order valence-electron chi connectivity index (χ4n) is 2.93. The van der Waals surface area contributed by atoms with Crippen LogP contribution in [0.3, 0.4) is 0 Å². The van der Waals surface area contributed by atoms with E-state index in [1.807, 2.05) is 12.1 Å². The molecule has 0 aromatic heterocycles. The molecule has 2 amide bonds. The fraction of sp³-hybridized carbons (Fsp3) is 0.417. The fourth-order valence-corrected chi connectivity index (χ4v) is 3.93. The first-order valence-electron chi connectivity index (χ1n) is 10.4. The minimum atomic E-state index is -0.537. The van der Waals surface area contributed by atoms with Gasteiger partial charge in [-0.05, 0) is 43.5 Å². The molecule has 0 radical (unpaired) electrons. The molecule has 6 heteroatoms. The molecule has 0 aliphatic heterocycles. The van der Waals surface area contributed by atoms with Crippen LogP contribution in [-0.2, 0) is 21.9 Å². The van der Waals surface area contributed by atoms with Crippen LogP contribution in [0.4, 0.5) is 0 Å². The molecule has 0 bridgehead atoms. The average Bonchev–Trinajstić information content (AvgIpc) is 2.74. The predicted octanol–water partition coefficient (Wildman–Crippen LogP) is 5.22. The Kier molecular flexibility index (Phi) is 10.2. The van der Waals surface area contributed by atoms with Crippen LogP contribution in [0.2, 0.25) is 5.02 Å². The Labute approximate surface area is 189 Å². The Bertz CT molecular complexity index is 809. The smallest absolute Gasteiger partial charge is 0.242 e. The van der Waals surface area contributed by atoms with Crippen molar-refractivity contribution in [1.82, 2.24) is 10.2 Å². The van der Waals surface area contributed by atoms with Gasteiger partial charge in [0.05, 0.1) is 5.75 Å². The topological polar surface area (TPSA) is 49.4 Å². The van der Waals surface area contributed by atoms with Crippen molar-refractivity contribution in [3.8, 4) is 0 Å². The summed E-state index contributed by atoms with van der Waals surface area (Å²) in [6.45, 7) is 6.94. The minimum Gasteiger partial charge on any atom is -0.354 e. The lowest BCUT2D eigenvalue weighted by atomic mass is 10.1. The quantitative estimate of drug-likeness (QED) is 0.481. The Morgan fingerprint density at radius 3 is 2.33 bits per heavy atom. The highest BCUT2D eigenvalue weighted by Gasteiger charge is 2.25. The first kappa shape index (κ1) is 24.3. The van der Waals surface area contributed by atoms with Crippen molar-refractivity contribution in [3.63, 3.8) is 0 Å². The Morgan fingerprint density at radius 1 is 1.07 bits per heavy atom. The lowest BCUT2D eigenvalue weighted by Gasteiger charge is -2.29. The van der Waals surface area contributed by atoms with Crippen LogP contribution < -0.4 is 5.32 Å². The minimum absolute atomic E-state index is 0.0415.